The average molecular weight is 493 g/mol. The molecule has 0 saturated carbocycles. The number of nitrogens with zero attached hydrogens (tertiary/aromatic N) is 4. The Kier molecular flexibility index (Phi) is 6.09. The summed E-state index contributed by atoms with van der Waals surface area (Å²) in [6, 6.07) is 19.2. The highest BCUT2D eigenvalue weighted by Gasteiger charge is 2.20. The maximum Gasteiger partial charge on any atom is 0.312 e. The van der Waals surface area contributed by atoms with E-state index in [9.17, 15) is 14.9 Å². The Morgan fingerprint density at radius 2 is 1.88 bits per heavy atom. The van der Waals surface area contributed by atoms with Crippen molar-refractivity contribution in [3.05, 3.63) is 97.2 Å². The van der Waals surface area contributed by atoms with Crippen molar-refractivity contribution in [1.82, 2.24) is 9.66 Å². The van der Waals surface area contributed by atoms with Gasteiger partial charge in [0.05, 0.1) is 33.1 Å². The van der Waals surface area contributed by atoms with Gasteiger partial charge in [-0.1, -0.05) is 42.5 Å². The van der Waals surface area contributed by atoms with E-state index in [0.717, 1.165) is 0 Å². The van der Waals surface area contributed by atoms with Gasteiger partial charge in [-0.05, 0) is 41.1 Å². The third-order valence-corrected chi connectivity index (χ3v) is 5.23. The van der Waals surface area contributed by atoms with E-state index in [-0.39, 0.29) is 23.6 Å². The molecule has 0 radical (unpaired) electrons. The number of benzene rings is 3. The fraction of sp³-hybridized carbons (Fsp3) is 0.0870. The Morgan fingerprint density at radius 1 is 1.16 bits per heavy atom. The first-order chi connectivity index (χ1) is 15.5. The van der Waals surface area contributed by atoms with E-state index in [1.165, 1.54) is 17.0 Å². The number of para-hydroxylation sites is 1. The molecule has 9 heteroatoms. The Labute approximate surface area is 191 Å². The minimum atomic E-state index is -0.522. The molecule has 4 rings (SSSR count). The van der Waals surface area contributed by atoms with Crippen LogP contribution in [-0.4, -0.2) is 27.4 Å². The first-order valence-corrected chi connectivity index (χ1v) is 10.5. The lowest BCUT2D eigenvalue weighted by Gasteiger charge is -2.10. The van der Waals surface area contributed by atoms with Crippen molar-refractivity contribution in [2.45, 2.75) is 6.92 Å². The molecule has 1 heterocycles. The van der Waals surface area contributed by atoms with Crippen LogP contribution in [0.5, 0.6) is 5.75 Å². The summed E-state index contributed by atoms with van der Waals surface area (Å²) >= 11 is 3.32. The molecule has 0 atom stereocenters. The minimum Gasteiger partial charge on any atom is -0.486 e. The Bertz CT molecular complexity index is 1400. The molecule has 160 valence electrons. The Balaban J connectivity index is 1.88. The van der Waals surface area contributed by atoms with E-state index in [2.05, 4.69) is 26.0 Å². The molecule has 0 fully saturated rings. The van der Waals surface area contributed by atoms with E-state index >= 15 is 0 Å². The van der Waals surface area contributed by atoms with Crippen molar-refractivity contribution in [2.24, 2.45) is 5.10 Å². The second-order valence-corrected chi connectivity index (χ2v) is 7.58. The van der Waals surface area contributed by atoms with Crippen LogP contribution >= 0.6 is 15.9 Å². The molecule has 8 nitrogen and oxygen atoms in total. The van der Waals surface area contributed by atoms with Gasteiger partial charge in [0.1, 0.15) is 0 Å². The molecule has 0 bridgehead atoms. The van der Waals surface area contributed by atoms with E-state index in [4.69, 9.17) is 4.74 Å². The van der Waals surface area contributed by atoms with Gasteiger partial charge in [-0.15, -0.1) is 0 Å². The predicted molar refractivity (Wildman–Crippen MR) is 126 cm³/mol. The van der Waals surface area contributed by atoms with Gasteiger partial charge in [0.2, 0.25) is 5.75 Å². The van der Waals surface area contributed by atoms with Crippen LogP contribution in [0.1, 0.15) is 12.5 Å². The SMILES string of the molecule is CCOc1c(Br)cc(C=Nn2c(-c3ccccc3)nc3ccccc3c2=O)cc1[N+](=O)[O-]. The molecule has 0 unspecified atom stereocenters. The van der Waals surface area contributed by atoms with E-state index < -0.39 is 4.92 Å². The number of hydrogen-bond acceptors (Lipinski definition) is 6. The molecule has 32 heavy (non-hydrogen) atoms. The maximum absolute atomic E-state index is 13.2. The number of halogens is 1. The highest BCUT2D eigenvalue weighted by molar-refractivity contribution is 9.10. The molecule has 0 aliphatic carbocycles. The zero-order valence-electron chi connectivity index (χ0n) is 16.9. The lowest BCUT2D eigenvalue weighted by atomic mass is 10.2. The van der Waals surface area contributed by atoms with Gasteiger partial charge in [0.25, 0.3) is 5.56 Å². The molecule has 0 aliphatic heterocycles. The summed E-state index contributed by atoms with van der Waals surface area (Å²) in [6.07, 6.45) is 1.39. The zero-order chi connectivity index (χ0) is 22.7. The van der Waals surface area contributed by atoms with E-state index in [0.29, 0.717) is 32.3 Å². The fourth-order valence-electron chi connectivity index (χ4n) is 3.23. The van der Waals surface area contributed by atoms with Gasteiger partial charge < -0.3 is 4.74 Å². The molecule has 0 aliphatic rings. The lowest BCUT2D eigenvalue weighted by molar-refractivity contribution is -0.385. The zero-order valence-corrected chi connectivity index (χ0v) is 18.5. The highest BCUT2D eigenvalue weighted by atomic mass is 79.9. The summed E-state index contributed by atoms with van der Waals surface area (Å²) in [5, 5.41) is 16.3. The molecule has 3 aromatic carbocycles. The topological polar surface area (TPSA) is 99.6 Å². The monoisotopic (exact) mass is 492 g/mol. The van der Waals surface area contributed by atoms with Crippen LogP contribution in [0.3, 0.4) is 0 Å². The summed E-state index contributed by atoms with van der Waals surface area (Å²) in [5.74, 6) is 0.509. The first kappa shape index (κ1) is 21.4. The van der Waals surface area contributed by atoms with E-state index in [1.807, 2.05) is 36.4 Å². The fourth-order valence-corrected chi connectivity index (χ4v) is 3.81. The predicted octanol–water partition coefficient (Wildman–Crippen LogP) is 5.02. The number of fused-ring (bicyclic) bond motifs is 1. The summed E-state index contributed by atoms with van der Waals surface area (Å²) in [6.45, 7) is 2.03. The number of nitro benzene ring substituents is 1. The quantitative estimate of drug-likeness (QED) is 0.214. The van der Waals surface area contributed by atoms with Crippen LogP contribution in [-0.2, 0) is 0 Å². The smallest absolute Gasteiger partial charge is 0.312 e. The number of rotatable bonds is 6. The molecule has 0 saturated heterocycles. The summed E-state index contributed by atoms with van der Waals surface area (Å²) in [7, 11) is 0. The van der Waals surface area contributed by atoms with Gasteiger partial charge >= 0.3 is 5.69 Å². The number of nitro groups is 1. The van der Waals surface area contributed by atoms with Gasteiger partial charge in [-0.2, -0.15) is 9.78 Å². The summed E-state index contributed by atoms with van der Waals surface area (Å²) in [4.78, 5) is 28.8. The van der Waals surface area contributed by atoms with Crippen LogP contribution in [0, 0.1) is 10.1 Å². The van der Waals surface area contributed by atoms with Crippen LogP contribution in [0.25, 0.3) is 22.3 Å². The van der Waals surface area contributed by atoms with Gasteiger partial charge in [-0.25, -0.2) is 4.98 Å². The molecule has 0 N–H and O–H groups in total. The summed E-state index contributed by atoms with van der Waals surface area (Å²) < 4.78 is 7.01. The largest absolute Gasteiger partial charge is 0.486 e. The van der Waals surface area contributed by atoms with Crippen molar-refractivity contribution in [2.75, 3.05) is 6.61 Å². The molecule has 0 amide bonds. The Morgan fingerprint density at radius 3 is 2.59 bits per heavy atom. The van der Waals surface area contributed by atoms with E-state index in [1.54, 1.807) is 31.2 Å². The van der Waals surface area contributed by atoms with Crippen LogP contribution < -0.4 is 10.3 Å². The molecule has 4 aromatic rings. The molecular weight excluding hydrogens is 476 g/mol. The number of hydrogen-bond donors (Lipinski definition) is 0. The standard InChI is InChI=1S/C23H17BrN4O4/c1-2-32-21-18(24)12-15(13-20(21)28(30)31)14-25-27-22(16-8-4-3-5-9-16)26-19-11-7-6-10-17(19)23(27)29/h3-14H,2H2,1H3. The van der Waals surface area contributed by atoms with Crippen molar-refractivity contribution in [1.29, 1.82) is 0 Å². The third kappa shape index (κ3) is 4.15. The van der Waals surface area contributed by atoms with Gasteiger partial charge in [0, 0.05) is 17.2 Å². The van der Waals surface area contributed by atoms with Crippen molar-refractivity contribution in [3.63, 3.8) is 0 Å². The molecular formula is C23H17BrN4O4. The average Bonchev–Trinajstić information content (AvgIpc) is 2.80. The number of ether oxygens (including phenoxy) is 1. The molecule has 0 spiro atoms. The van der Waals surface area contributed by atoms with Crippen molar-refractivity contribution >= 4 is 38.7 Å². The maximum atomic E-state index is 13.2. The molecule has 1 aromatic heterocycles. The highest BCUT2D eigenvalue weighted by Crippen LogP contribution is 2.36. The Hall–Kier alpha value is -3.85. The van der Waals surface area contributed by atoms with Crippen molar-refractivity contribution < 1.29 is 9.66 Å². The minimum absolute atomic E-state index is 0.143. The second-order valence-electron chi connectivity index (χ2n) is 6.72. The lowest BCUT2D eigenvalue weighted by Crippen LogP contribution is -2.20. The third-order valence-electron chi connectivity index (χ3n) is 4.64. The van der Waals surface area contributed by atoms with Gasteiger partial charge in [-0.3, -0.25) is 14.9 Å². The normalized spacial score (nSPS) is 11.2. The second kappa shape index (κ2) is 9.11. The van der Waals surface area contributed by atoms with Crippen molar-refractivity contribution in [3.8, 4) is 17.1 Å². The first-order valence-electron chi connectivity index (χ1n) is 9.72. The summed E-state index contributed by atoms with van der Waals surface area (Å²) in [5.41, 5.74) is 1.15. The van der Waals surface area contributed by atoms with Crippen LogP contribution in [0.15, 0.2) is 81.1 Å². The van der Waals surface area contributed by atoms with Gasteiger partial charge in [0.15, 0.2) is 5.82 Å². The number of aromatic nitrogens is 2. The van der Waals surface area contributed by atoms with Crippen LogP contribution in [0.4, 0.5) is 5.69 Å². The van der Waals surface area contributed by atoms with Crippen LogP contribution in [0.2, 0.25) is 0 Å².